The third kappa shape index (κ3) is 6.97. The Bertz CT molecular complexity index is 1510. The van der Waals surface area contributed by atoms with Crippen LogP contribution in [0.25, 0.3) is 15.9 Å². The number of aromatic nitrogens is 2. The maximum absolute atomic E-state index is 13.8. The van der Waals surface area contributed by atoms with E-state index in [1.165, 1.54) is 6.20 Å². The number of likely N-dealkylation sites (tertiary alicyclic amines) is 1. The molecule has 3 heterocycles. The first kappa shape index (κ1) is 29.5. The van der Waals surface area contributed by atoms with Crippen molar-refractivity contribution in [2.75, 3.05) is 19.3 Å². The summed E-state index contributed by atoms with van der Waals surface area (Å²) in [6.45, 7) is 7.79. The molecule has 2 fully saturated rings. The molecule has 0 bridgehead atoms. The molecule has 2 amide bonds. The lowest BCUT2D eigenvalue weighted by molar-refractivity contribution is -0.122. The molecule has 1 atom stereocenters. The number of carbonyl (C=O) groups excluding carboxylic acids is 2. The van der Waals surface area contributed by atoms with Gasteiger partial charge in [-0.25, -0.2) is 27.0 Å². The SMILES string of the molecule is [C-]#[N+]c1cnc2c(c1)c(C(=O)N1CC[C@H](C(=O)NS(C)(=O)=O)C1)c(CCCCCCC#CC1CC(F)(F)C1)n2C. The maximum atomic E-state index is 13.8. The number of nitrogens with zero attached hydrogens (tertiary/aromatic N) is 4. The van der Waals surface area contributed by atoms with Gasteiger partial charge in [0.1, 0.15) is 5.65 Å². The van der Waals surface area contributed by atoms with Crippen LogP contribution in [-0.2, 0) is 28.3 Å². The lowest BCUT2D eigenvalue weighted by Gasteiger charge is -2.31. The first-order valence-corrected chi connectivity index (χ1v) is 15.3. The van der Waals surface area contributed by atoms with E-state index in [0.717, 1.165) is 37.6 Å². The average Bonchev–Trinajstić information content (AvgIpc) is 3.46. The van der Waals surface area contributed by atoms with E-state index in [1.54, 1.807) is 11.0 Å². The second-order valence-corrected chi connectivity index (χ2v) is 12.5. The zero-order chi connectivity index (χ0) is 29.1. The van der Waals surface area contributed by atoms with E-state index >= 15 is 0 Å². The molecule has 1 saturated heterocycles. The second-order valence-electron chi connectivity index (χ2n) is 10.7. The van der Waals surface area contributed by atoms with Crippen LogP contribution in [0.5, 0.6) is 0 Å². The lowest BCUT2D eigenvalue weighted by Crippen LogP contribution is -2.37. The number of amides is 2. The van der Waals surface area contributed by atoms with Gasteiger partial charge in [-0.3, -0.25) is 14.3 Å². The molecule has 214 valence electrons. The standard InChI is InChI=1S/C28H33F2N5O4S/c1-31-21-14-22-24(27(37)35-13-12-20(18-35)26(36)33-40(3,38)39)23(34(2)25(22)32-17-21)11-9-7-5-4-6-8-10-19-15-28(29,30)16-19/h14,17,19-20H,4-7,9,11-13,15-16,18H2,2-3H3,(H,33,36)/t20-/m0/s1. The van der Waals surface area contributed by atoms with Gasteiger partial charge in [0.05, 0.1) is 24.3 Å². The minimum atomic E-state index is -3.70. The molecule has 1 aliphatic carbocycles. The normalized spacial score (nSPS) is 18.6. The Morgan fingerprint density at radius 2 is 1.98 bits per heavy atom. The molecular weight excluding hydrogens is 540 g/mol. The highest BCUT2D eigenvalue weighted by Gasteiger charge is 2.44. The number of halogens is 2. The Hall–Kier alpha value is -3.51. The summed E-state index contributed by atoms with van der Waals surface area (Å²) in [5.74, 6) is 1.70. The third-order valence-electron chi connectivity index (χ3n) is 7.47. The number of alkyl halides is 2. The van der Waals surface area contributed by atoms with Crippen LogP contribution in [0.3, 0.4) is 0 Å². The van der Waals surface area contributed by atoms with Gasteiger partial charge in [-0.15, -0.1) is 5.92 Å². The van der Waals surface area contributed by atoms with Crippen LogP contribution < -0.4 is 4.72 Å². The summed E-state index contributed by atoms with van der Waals surface area (Å²) in [6.07, 6.45) is 7.25. The van der Waals surface area contributed by atoms with Crippen molar-refractivity contribution in [3.63, 3.8) is 0 Å². The summed E-state index contributed by atoms with van der Waals surface area (Å²) >= 11 is 0. The molecule has 1 aliphatic heterocycles. The summed E-state index contributed by atoms with van der Waals surface area (Å²) < 4.78 is 52.6. The molecule has 12 heteroatoms. The highest BCUT2D eigenvalue weighted by Crippen LogP contribution is 2.41. The number of aryl methyl sites for hydroxylation is 1. The van der Waals surface area contributed by atoms with E-state index in [1.807, 2.05) is 16.3 Å². The molecule has 9 nitrogen and oxygen atoms in total. The van der Waals surface area contributed by atoms with Crippen molar-refractivity contribution in [2.45, 2.75) is 63.7 Å². The van der Waals surface area contributed by atoms with Crippen molar-refractivity contribution < 1.29 is 26.8 Å². The van der Waals surface area contributed by atoms with Gasteiger partial charge in [-0.05, 0) is 31.7 Å². The number of rotatable bonds is 9. The van der Waals surface area contributed by atoms with Gasteiger partial charge in [-0.2, -0.15) is 0 Å². The Morgan fingerprint density at radius 1 is 1.25 bits per heavy atom. The summed E-state index contributed by atoms with van der Waals surface area (Å²) in [4.78, 5) is 35.6. The number of pyridine rings is 1. The largest absolute Gasteiger partial charge is 0.338 e. The van der Waals surface area contributed by atoms with Gasteiger partial charge >= 0.3 is 0 Å². The first-order chi connectivity index (χ1) is 18.9. The fraction of sp³-hybridized carbons (Fsp3) is 0.571. The highest BCUT2D eigenvalue weighted by atomic mass is 32.2. The number of carbonyl (C=O) groups is 2. The Kier molecular flexibility index (Phi) is 8.79. The van der Waals surface area contributed by atoms with E-state index in [-0.39, 0.29) is 31.2 Å². The summed E-state index contributed by atoms with van der Waals surface area (Å²) in [6, 6.07) is 1.66. The summed E-state index contributed by atoms with van der Waals surface area (Å²) in [5.41, 5.74) is 2.16. The van der Waals surface area contributed by atoms with Gasteiger partial charge in [0.2, 0.25) is 21.6 Å². The van der Waals surface area contributed by atoms with E-state index in [4.69, 9.17) is 6.57 Å². The Morgan fingerprint density at radius 3 is 2.65 bits per heavy atom. The number of hydrogen-bond donors (Lipinski definition) is 1. The quantitative estimate of drug-likeness (QED) is 0.275. The monoisotopic (exact) mass is 573 g/mol. The van der Waals surface area contributed by atoms with E-state index in [2.05, 4.69) is 21.7 Å². The molecule has 2 aliphatic rings. The van der Waals surface area contributed by atoms with Crippen molar-refractivity contribution >= 4 is 38.6 Å². The molecule has 0 unspecified atom stereocenters. The Balaban J connectivity index is 1.41. The van der Waals surface area contributed by atoms with Gasteiger partial charge in [0.15, 0.2) is 0 Å². The molecule has 1 saturated carbocycles. The molecule has 2 aromatic heterocycles. The number of nitrogens with one attached hydrogen (secondary N) is 1. The smallest absolute Gasteiger partial charge is 0.256 e. The molecule has 1 N–H and O–H groups in total. The summed E-state index contributed by atoms with van der Waals surface area (Å²) in [5, 5.41) is 0.580. The first-order valence-electron chi connectivity index (χ1n) is 13.4. The van der Waals surface area contributed by atoms with Gasteiger partial charge in [-0.1, -0.05) is 18.8 Å². The van der Waals surface area contributed by atoms with Crippen LogP contribution in [0, 0.1) is 30.2 Å². The van der Waals surface area contributed by atoms with Gasteiger partial charge < -0.3 is 9.47 Å². The highest BCUT2D eigenvalue weighted by molar-refractivity contribution is 7.89. The van der Waals surface area contributed by atoms with Crippen molar-refractivity contribution in [2.24, 2.45) is 18.9 Å². The molecule has 4 rings (SSSR count). The third-order valence-corrected chi connectivity index (χ3v) is 8.04. The maximum Gasteiger partial charge on any atom is 0.256 e. The molecule has 2 aromatic rings. The van der Waals surface area contributed by atoms with Crippen LogP contribution in [-0.4, -0.2) is 60.0 Å². The molecular formula is C28H33F2N5O4S. The number of sulfonamides is 1. The lowest BCUT2D eigenvalue weighted by atomic mass is 9.82. The van der Waals surface area contributed by atoms with Crippen molar-refractivity contribution in [1.29, 1.82) is 0 Å². The topological polar surface area (TPSA) is 106 Å². The number of unbranched alkanes of at least 4 members (excludes halogenated alkanes) is 4. The van der Waals surface area contributed by atoms with E-state index in [9.17, 15) is 26.8 Å². The van der Waals surface area contributed by atoms with Crippen molar-refractivity contribution in [3.05, 3.63) is 34.9 Å². The van der Waals surface area contributed by atoms with Crippen LogP contribution in [0.2, 0.25) is 0 Å². The van der Waals surface area contributed by atoms with E-state index < -0.39 is 27.8 Å². The van der Waals surface area contributed by atoms with Crippen LogP contribution in [0.4, 0.5) is 14.5 Å². The van der Waals surface area contributed by atoms with E-state index in [0.29, 0.717) is 48.1 Å². The van der Waals surface area contributed by atoms with Crippen molar-refractivity contribution in [3.8, 4) is 11.8 Å². The van der Waals surface area contributed by atoms with Crippen LogP contribution in [0.1, 0.15) is 67.4 Å². The van der Waals surface area contributed by atoms with Crippen molar-refractivity contribution in [1.82, 2.24) is 19.2 Å². The molecule has 0 spiro atoms. The zero-order valence-electron chi connectivity index (χ0n) is 22.7. The molecule has 0 aromatic carbocycles. The zero-order valence-corrected chi connectivity index (χ0v) is 23.5. The fourth-order valence-corrected chi connectivity index (χ4v) is 5.90. The van der Waals surface area contributed by atoms with Crippen LogP contribution >= 0.6 is 0 Å². The molecule has 0 radical (unpaired) electrons. The summed E-state index contributed by atoms with van der Waals surface area (Å²) in [7, 11) is -1.86. The van der Waals surface area contributed by atoms with Gasteiger partial charge in [0, 0.05) is 62.6 Å². The minimum Gasteiger partial charge on any atom is -0.338 e. The predicted molar refractivity (Wildman–Crippen MR) is 146 cm³/mol. The number of hydrogen-bond acceptors (Lipinski definition) is 5. The number of fused-ring (bicyclic) bond motifs is 1. The molecule has 40 heavy (non-hydrogen) atoms. The Labute approximate surface area is 233 Å². The predicted octanol–water partition coefficient (Wildman–Crippen LogP) is 4.20. The minimum absolute atomic E-state index is 0.103. The van der Waals surface area contributed by atoms with Gasteiger partial charge in [0.25, 0.3) is 11.8 Å². The average molecular weight is 574 g/mol. The van der Waals surface area contributed by atoms with Crippen LogP contribution in [0.15, 0.2) is 12.3 Å². The second kappa shape index (κ2) is 11.9. The fourth-order valence-electron chi connectivity index (χ4n) is 5.36.